The Bertz CT molecular complexity index is 546. The molecule has 1 atom stereocenters. The summed E-state index contributed by atoms with van der Waals surface area (Å²) in [6.45, 7) is 1.33. The van der Waals surface area contributed by atoms with Crippen LogP contribution < -0.4 is 11.1 Å². The van der Waals surface area contributed by atoms with Crippen LogP contribution in [0.25, 0.3) is 0 Å². The third kappa shape index (κ3) is 3.77. The van der Waals surface area contributed by atoms with E-state index in [2.05, 4.69) is 10.5 Å². The molecule has 0 spiro atoms. The molecule has 4 N–H and O–H groups in total. The molecule has 1 aromatic carbocycles. The van der Waals surface area contributed by atoms with E-state index in [1.807, 2.05) is 0 Å². The minimum absolute atomic E-state index is 0.0574. The van der Waals surface area contributed by atoms with Crippen molar-refractivity contribution in [3.05, 3.63) is 28.8 Å². The number of alkyl halides is 3. The third-order valence-corrected chi connectivity index (χ3v) is 2.83. The Hall–Kier alpha value is -1.96. The number of halogens is 4. The van der Waals surface area contributed by atoms with Gasteiger partial charge in [0.25, 0.3) is 0 Å². The number of amides is 1. The predicted molar refractivity (Wildman–Crippen MR) is 67.7 cm³/mol. The van der Waals surface area contributed by atoms with Gasteiger partial charge in [0.2, 0.25) is 5.91 Å². The van der Waals surface area contributed by atoms with Crippen LogP contribution in [0.15, 0.2) is 23.4 Å². The molecule has 5 nitrogen and oxygen atoms in total. The molecule has 1 amide bonds. The molecule has 0 bridgehead atoms. The van der Waals surface area contributed by atoms with Crippen LogP contribution in [0.3, 0.4) is 0 Å². The molecule has 0 fully saturated rings. The van der Waals surface area contributed by atoms with Gasteiger partial charge in [0.1, 0.15) is 0 Å². The number of hydrogen-bond donors (Lipinski definition) is 3. The maximum Gasteiger partial charge on any atom is 0.416 e. The smallest absolute Gasteiger partial charge is 0.409 e. The van der Waals surface area contributed by atoms with Crippen molar-refractivity contribution in [2.75, 3.05) is 5.32 Å². The van der Waals surface area contributed by atoms with Crippen molar-refractivity contribution < 1.29 is 23.2 Å². The molecular weight excluding hydrogens is 299 g/mol. The van der Waals surface area contributed by atoms with E-state index in [-0.39, 0.29) is 16.5 Å². The minimum Gasteiger partial charge on any atom is -0.409 e. The number of carbonyl (C=O) groups is 1. The zero-order valence-electron chi connectivity index (χ0n) is 10.2. The highest BCUT2D eigenvalue weighted by molar-refractivity contribution is 6.33. The highest BCUT2D eigenvalue weighted by Crippen LogP contribution is 2.33. The Morgan fingerprint density at radius 1 is 1.50 bits per heavy atom. The van der Waals surface area contributed by atoms with E-state index in [1.54, 1.807) is 0 Å². The van der Waals surface area contributed by atoms with Gasteiger partial charge in [0, 0.05) is 0 Å². The summed E-state index contributed by atoms with van der Waals surface area (Å²) in [5, 5.41) is 13.2. The number of hydrogen-bond acceptors (Lipinski definition) is 3. The Morgan fingerprint density at radius 3 is 2.60 bits per heavy atom. The first-order valence-corrected chi connectivity index (χ1v) is 5.69. The monoisotopic (exact) mass is 309 g/mol. The van der Waals surface area contributed by atoms with Gasteiger partial charge in [-0.25, -0.2) is 0 Å². The number of carbonyl (C=O) groups excluding carboxylic acids is 1. The van der Waals surface area contributed by atoms with Gasteiger partial charge in [-0.1, -0.05) is 16.8 Å². The maximum atomic E-state index is 12.6. The number of anilines is 1. The van der Waals surface area contributed by atoms with Crippen molar-refractivity contribution in [3.63, 3.8) is 0 Å². The average Bonchev–Trinajstić information content (AvgIpc) is 2.38. The highest BCUT2D eigenvalue weighted by Gasteiger charge is 2.31. The van der Waals surface area contributed by atoms with Crippen molar-refractivity contribution in [2.45, 2.75) is 13.1 Å². The van der Waals surface area contributed by atoms with Gasteiger partial charge in [-0.3, -0.25) is 4.79 Å². The Kier molecular flexibility index (Phi) is 4.83. The highest BCUT2D eigenvalue weighted by atomic mass is 35.5. The second-order valence-electron chi connectivity index (χ2n) is 3.93. The Morgan fingerprint density at radius 2 is 2.10 bits per heavy atom. The number of nitrogens with zero attached hydrogens (tertiary/aromatic N) is 1. The first-order valence-electron chi connectivity index (χ1n) is 5.32. The van der Waals surface area contributed by atoms with Crippen molar-refractivity contribution in [1.82, 2.24) is 0 Å². The summed E-state index contributed by atoms with van der Waals surface area (Å²) in [6, 6.07) is 2.53. The molecule has 0 saturated heterocycles. The van der Waals surface area contributed by atoms with Gasteiger partial charge in [0.15, 0.2) is 5.84 Å². The molecule has 0 radical (unpaired) electrons. The van der Waals surface area contributed by atoms with Crippen LogP contribution in [0.5, 0.6) is 0 Å². The van der Waals surface area contributed by atoms with Crippen LogP contribution in [0, 0.1) is 5.92 Å². The first-order chi connectivity index (χ1) is 9.16. The standard InChI is InChI=1S/C11H11ClF3N3O2/c1-5(9(16)18-20)10(19)17-8-4-6(11(13,14)15)2-3-7(8)12/h2-5,20H,1H3,(H2,16,18)(H,17,19). The molecule has 0 aromatic heterocycles. The molecule has 1 aromatic rings. The number of oxime groups is 1. The van der Waals surface area contributed by atoms with Gasteiger partial charge in [-0.2, -0.15) is 13.2 Å². The van der Waals surface area contributed by atoms with Gasteiger partial charge >= 0.3 is 6.18 Å². The molecule has 0 aliphatic heterocycles. The van der Waals surface area contributed by atoms with E-state index in [0.29, 0.717) is 6.07 Å². The van der Waals surface area contributed by atoms with Crippen LogP contribution >= 0.6 is 11.6 Å². The quantitative estimate of drug-likeness (QED) is 0.347. The van der Waals surface area contributed by atoms with Crippen molar-refractivity contribution in [2.24, 2.45) is 16.8 Å². The molecule has 0 heterocycles. The Balaban J connectivity index is 3.01. The second kappa shape index (κ2) is 6.00. The maximum absolute atomic E-state index is 12.6. The van der Waals surface area contributed by atoms with Gasteiger partial charge in [-0.15, -0.1) is 0 Å². The zero-order valence-corrected chi connectivity index (χ0v) is 11.0. The summed E-state index contributed by atoms with van der Waals surface area (Å²) in [6.07, 6.45) is -4.55. The summed E-state index contributed by atoms with van der Waals surface area (Å²) < 4.78 is 37.7. The van der Waals surface area contributed by atoms with E-state index in [9.17, 15) is 18.0 Å². The summed E-state index contributed by atoms with van der Waals surface area (Å²) in [5.41, 5.74) is 4.08. The number of nitrogens with one attached hydrogen (secondary N) is 1. The third-order valence-electron chi connectivity index (χ3n) is 2.50. The molecule has 9 heteroatoms. The van der Waals surface area contributed by atoms with Gasteiger partial charge in [-0.05, 0) is 25.1 Å². The number of nitrogens with two attached hydrogens (primary N) is 1. The van der Waals surface area contributed by atoms with E-state index >= 15 is 0 Å². The van der Waals surface area contributed by atoms with Crippen molar-refractivity contribution in [3.8, 4) is 0 Å². The molecule has 110 valence electrons. The molecule has 20 heavy (non-hydrogen) atoms. The van der Waals surface area contributed by atoms with Gasteiger partial charge in [0.05, 0.1) is 22.2 Å². The number of amidine groups is 1. The SMILES string of the molecule is CC(C(=O)Nc1cc(C(F)(F)F)ccc1Cl)C(N)=NO. The van der Waals surface area contributed by atoms with Crippen LogP contribution in [-0.4, -0.2) is 17.0 Å². The fraction of sp³-hybridized carbons (Fsp3) is 0.273. The van der Waals surface area contributed by atoms with Crippen LogP contribution in [0.2, 0.25) is 5.02 Å². The lowest BCUT2D eigenvalue weighted by Crippen LogP contribution is -2.32. The number of benzene rings is 1. The molecule has 0 aliphatic rings. The van der Waals surface area contributed by atoms with E-state index in [4.69, 9.17) is 22.5 Å². The van der Waals surface area contributed by atoms with Crippen molar-refractivity contribution >= 4 is 29.0 Å². The predicted octanol–water partition coefficient (Wildman–Crippen LogP) is 2.68. The average molecular weight is 310 g/mol. The van der Waals surface area contributed by atoms with E-state index in [0.717, 1.165) is 12.1 Å². The largest absolute Gasteiger partial charge is 0.416 e. The molecule has 1 unspecified atom stereocenters. The zero-order chi connectivity index (χ0) is 15.5. The minimum atomic E-state index is -4.55. The molecule has 1 rings (SSSR count). The molecule has 0 aliphatic carbocycles. The topological polar surface area (TPSA) is 87.7 Å². The van der Waals surface area contributed by atoms with Gasteiger partial charge < -0.3 is 16.3 Å². The summed E-state index contributed by atoms with van der Waals surface area (Å²) in [5.74, 6) is -2.14. The fourth-order valence-corrected chi connectivity index (χ4v) is 1.42. The summed E-state index contributed by atoms with van der Waals surface area (Å²) >= 11 is 5.72. The lowest BCUT2D eigenvalue weighted by molar-refractivity contribution is -0.137. The summed E-state index contributed by atoms with van der Waals surface area (Å²) in [7, 11) is 0. The molecule has 0 saturated carbocycles. The molecular formula is C11H11ClF3N3O2. The lowest BCUT2D eigenvalue weighted by Gasteiger charge is -2.14. The number of rotatable bonds is 3. The fourth-order valence-electron chi connectivity index (χ4n) is 1.26. The van der Waals surface area contributed by atoms with Crippen LogP contribution in [0.4, 0.5) is 18.9 Å². The van der Waals surface area contributed by atoms with E-state index < -0.39 is 23.6 Å². The lowest BCUT2D eigenvalue weighted by atomic mass is 10.1. The Labute approximate surface area is 117 Å². The first kappa shape index (κ1) is 16.1. The second-order valence-corrected chi connectivity index (χ2v) is 4.34. The normalized spacial score (nSPS) is 13.9. The van der Waals surface area contributed by atoms with Crippen molar-refractivity contribution in [1.29, 1.82) is 0 Å². The van der Waals surface area contributed by atoms with Crippen LogP contribution in [0.1, 0.15) is 12.5 Å². The van der Waals surface area contributed by atoms with Crippen LogP contribution in [-0.2, 0) is 11.0 Å². The van der Waals surface area contributed by atoms with E-state index in [1.165, 1.54) is 6.92 Å². The summed E-state index contributed by atoms with van der Waals surface area (Å²) in [4.78, 5) is 11.7.